The van der Waals surface area contributed by atoms with E-state index in [1.807, 2.05) is 17.0 Å². The summed E-state index contributed by atoms with van der Waals surface area (Å²) in [5.74, 6) is 0.699. The van der Waals surface area contributed by atoms with Crippen LogP contribution >= 0.6 is 0 Å². The molecule has 1 aliphatic heterocycles. The van der Waals surface area contributed by atoms with Crippen molar-refractivity contribution in [3.63, 3.8) is 0 Å². The Labute approximate surface area is 151 Å². The average molecular weight is 351 g/mol. The minimum Gasteiger partial charge on any atom is -0.479 e. The highest BCUT2D eigenvalue weighted by molar-refractivity contribution is 5.96. The van der Waals surface area contributed by atoms with Crippen molar-refractivity contribution in [3.8, 4) is 5.88 Å². The first kappa shape index (κ1) is 16.5. The number of likely N-dealkylation sites (tertiary alicyclic amines) is 1. The number of amides is 1. The molecule has 1 aliphatic rings. The predicted octanol–water partition coefficient (Wildman–Crippen LogP) is 2.39. The van der Waals surface area contributed by atoms with E-state index in [9.17, 15) is 4.79 Å². The molecular formula is C19H21N5O2. The summed E-state index contributed by atoms with van der Waals surface area (Å²) in [5.41, 5.74) is 2.35. The molecule has 3 aromatic heterocycles. The highest BCUT2D eigenvalue weighted by atomic mass is 16.5. The van der Waals surface area contributed by atoms with Crippen LogP contribution in [-0.2, 0) is 7.05 Å². The van der Waals surface area contributed by atoms with Crippen molar-refractivity contribution >= 4 is 16.9 Å². The number of aryl methyl sites for hydroxylation is 1. The number of piperidine rings is 1. The van der Waals surface area contributed by atoms with Gasteiger partial charge in [0.05, 0.1) is 7.11 Å². The lowest BCUT2D eigenvalue weighted by molar-refractivity contribution is 0.0708. The number of aromatic nitrogens is 4. The van der Waals surface area contributed by atoms with Gasteiger partial charge in [-0.05, 0) is 37.1 Å². The molecule has 0 spiro atoms. The third-order valence-corrected chi connectivity index (χ3v) is 4.90. The van der Waals surface area contributed by atoms with E-state index in [2.05, 4.69) is 22.2 Å². The van der Waals surface area contributed by atoms with Crippen molar-refractivity contribution in [1.29, 1.82) is 0 Å². The van der Waals surface area contributed by atoms with Crippen LogP contribution < -0.4 is 4.74 Å². The summed E-state index contributed by atoms with van der Waals surface area (Å²) >= 11 is 0. The smallest absolute Gasteiger partial charge is 0.260 e. The highest BCUT2D eigenvalue weighted by Gasteiger charge is 2.28. The summed E-state index contributed by atoms with van der Waals surface area (Å²) in [5, 5.41) is 5.22. The number of hydrogen-bond donors (Lipinski definition) is 0. The van der Waals surface area contributed by atoms with E-state index in [0.717, 1.165) is 29.6 Å². The number of methoxy groups -OCH3 is 1. The van der Waals surface area contributed by atoms with Gasteiger partial charge in [-0.15, -0.1) is 5.10 Å². The molecule has 26 heavy (non-hydrogen) atoms. The molecule has 0 unspecified atom stereocenters. The van der Waals surface area contributed by atoms with Crippen LogP contribution in [0.15, 0.2) is 36.7 Å². The Morgan fingerprint density at radius 2 is 2.04 bits per heavy atom. The molecule has 0 N–H and O–H groups in total. The molecule has 0 radical (unpaired) electrons. The lowest BCUT2D eigenvalue weighted by atomic mass is 9.92. The maximum absolute atomic E-state index is 12.8. The summed E-state index contributed by atoms with van der Waals surface area (Å²) in [6.07, 6.45) is 5.25. The first-order chi connectivity index (χ1) is 12.7. The summed E-state index contributed by atoms with van der Waals surface area (Å²) in [6.45, 7) is 1.40. The van der Waals surface area contributed by atoms with E-state index in [4.69, 9.17) is 9.72 Å². The molecule has 134 valence electrons. The number of ether oxygens (including phenoxy) is 1. The van der Waals surface area contributed by atoms with Crippen LogP contribution in [0.3, 0.4) is 0 Å². The summed E-state index contributed by atoms with van der Waals surface area (Å²) in [6, 6.07) is 8.08. The summed E-state index contributed by atoms with van der Waals surface area (Å²) < 4.78 is 6.82. The van der Waals surface area contributed by atoms with Gasteiger partial charge in [-0.2, -0.15) is 0 Å². The second kappa shape index (κ2) is 6.74. The lowest BCUT2D eigenvalue weighted by Gasteiger charge is -2.31. The Morgan fingerprint density at radius 3 is 2.81 bits per heavy atom. The molecule has 0 atom stereocenters. The molecule has 7 heteroatoms. The lowest BCUT2D eigenvalue weighted by Crippen LogP contribution is -2.38. The minimum absolute atomic E-state index is 0.0264. The van der Waals surface area contributed by atoms with Gasteiger partial charge in [0.15, 0.2) is 5.65 Å². The summed E-state index contributed by atoms with van der Waals surface area (Å²) in [4.78, 5) is 23.7. The van der Waals surface area contributed by atoms with Crippen LogP contribution in [0.25, 0.3) is 11.0 Å². The monoisotopic (exact) mass is 351 g/mol. The van der Waals surface area contributed by atoms with Crippen molar-refractivity contribution in [2.75, 3.05) is 20.2 Å². The molecule has 1 amide bonds. The number of fused-ring (bicyclic) bond motifs is 1. The number of pyridine rings is 2. The second-order valence-corrected chi connectivity index (χ2v) is 6.58. The van der Waals surface area contributed by atoms with Gasteiger partial charge in [0.25, 0.3) is 5.91 Å². The molecule has 3 aromatic rings. The predicted molar refractivity (Wildman–Crippen MR) is 97.2 cm³/mol. The zero-order valence-corrected chi connectivity index (χ0v) is 14.9. The largest absolute Gasteiger partial charge is 0.479 e. The standard InChI is InChI=1S/C19H21N5O2/c1-23-12-15(18(22-23)26-2)19(25)24-10-7-13(8-11-24)16-6-5-14-4-3-9-20-17(14)21-16/h3-6,9,12-13H,7-8,10-11H2,1-2H3. The summed E-state index contributed by atoms with van der Waals surface area (Å²) in [7, 11) is 3.32. The fourth-order valence-electron chi connectivity index (χ4n) is 3.51. The van der Waals surface area contributed by atoms with Crippen LogP contribution in [0.4, 0.5) is 0 Å². The van der Waals surface area contributed by atoms with Gasteiger partial charge in [-0.3, -0.25) is 9.48 Å². The van der Waals surface area contributed by atoms with E-state index in [1.54, 1.807) is 24.1 Å². The Bertz CT molecular complexity index is 944. The van der Waals surface area contributed by atoms with Crippen molar-refractivity contribution < 1.29 is 9.53 Å². The van der Waals surface area contributed by atoms with E-state index < -0.39 is 0 Å². The Morgan fingerprint density at radius 1 is 1.23 bits per heavy atom. The van der Waals surface area contributed by atoms with Crippen molar-refractivity contribution in [3.05, 3.63) is 47.9 Å². The number of carbonyl (C=O) groups is 1. The van der Waals surface area contributed by atoms with Crippen LogP contribution in [0.5, 0.6) is 5.88 Å². The maximum atomic E-state index is 12.8. The molecule has 7 nitrogen and oxygen atoms in total. The molecule has 1 fully saturated rings. The Kier molecular flexibility index (Phi) is 4.28. The fourth-order valence-corrected chi connectivity index (χ4v) is 3.51. The number of hydrogen-bond acceptors (Lipinski definition) is 5. The van der Waals surface area contributed by atoms with Gasteiger partial charge in [0, 0.05) is 49.5 Å². The zero-order chi connectivity index (χ0) is 18.1. The van der Waals surface area contributed by atoms with E-state index in [0.29, 0.717) is 30.5 Å². The van der Waals surface area contributed by atoms with Gasteiger partial charge >= 0.3 is 0 Å². The van der Waals surface area contributed by atoms with Gasteiger partial charge in [0.1, 0.15) is 5.56 Å². The minimum atomic E-state index is -0.0264. The molecule has 0 aliphatic carbocycles. The normalized spacial score (nSPS) is 15.4. The van der Waals surface area contributed by atoms with Gasteiger partial charge in [0.2, 0.25) is 5.88 Å². The highest BCUT2D eigenvalue weighted by Crippen LogP contribution is 2.29. The van der Waals surface area contributed by atoms with Gasteiger partial charge in [-0.25, -0.2) is 9.97 Å². The van der Waals surface area contributed by atoms with Crippen molar-refractivity contribution in [2.24, 2.45) is 7.05 Å². The second-order valence-electron chi connectivity index (χ2n) is 6.58. The topological polar surface area (TPSA) is 73.1 Å². The quantitative estimate of drug-likeness (QED) is 0.724. The molecule has 4 heterocycles. The van der Waals surface area contributed by atoms with Crippen LogP contribution in [0, 0.1) is 0 Å². The fraction of sp³-hybridized carbons (Fsp3) is 0.368. The first-order valence-corrected chi connectivity index (χ1v) is 8.74. The maximum Gasteiger partial charge on any atom is 0.260 e. The third-order valence-electron chi connectivity index (χ3n) is 4.90. The third kappa shape index (κ3) is 3.00. The first-order valence-electron chi connectivity index (χ1n) is 8.74. The molecular weight excluding hydrogens is 330 g/mol. The molecule has 0 saturated carbocycles. The van der Waals surface area contributed by atoms with Crippen LogP contribution in [-0.4, -0.2) is 50.8 Å². The Balaban J connectivity index is 1.47. The molecule has 1 saturated heterocycles. The van der Waals surface area contributed by atoms with Crippen molar-refractivity contribution in [2.45, 2.75) is 18.8 Å². The SMILES string of the molecule is COc1nn(C)cc1C(=O)N1CCC(c2ccc3cccnc3n2)CC1. The number of nitrogens with zero attached hydrogens (tertiary/aromatic N) is 5. The number of rotatable bonds is 3. The van der Waals surface area contributed by atoms with Crippen LogP contribution in [0.2, 0.25) is 0 Å². The molecule has 0 aromatic carbocycles. The van der Waals surface area contributed by atoms with Crippen molar-refractivity contribution in [1.82, 2.24) is 24.6 Å². The zero-order valence-electron chi connectivity index (χ0n) is 14.9. The molecule has 4 rings (SSSR count). The average Bonchev–Trinajstić information content (AvgIpc) is 3.08. The Hall–Kier alpha value is -2.96. The van der Waals surface area contributed by atoms with Gasteiger partial charge < -0.3 is 9.64 Å². The molecule has 0 bridgehead atoms. The van der Waals surface area contributed by atoms with E-state index >= 15 is 0 Å². The van der Waals surface area contributed by atoms with Gasteiger partial charge in [-0.1, -0.05) is 0 Å². The van der Waals surface area contributed by atoms with Crippen LogP contribution in [0.1, 0.15) is 34.8 Å². The van der Waals surface area contributed by atoms with E-state index in [1.165, 1.54) is 7.11 Å². The number of carbonyl (C=O) groups excluding carboxylic acids is 1. The van der Waals surface area contributed by atoms with E-state index in [-0.39, 0.29) is 5.91 Å².